The molecule has 0 aliphatic heterocycles. The third-order valence-corrected chi connectivity index (χ3v) is 2.74. The highest BCUT2D eigenvalue weighted by Gasteiger charge is 2.11. The molecule has 0 fully saturated rings. The second kappa shape index (κ2) is 5.76. The molecular weight excluding hydrogens is 210 g/mol. The number of halogens is 1. The second-order valence-electron chi connectivity index (χ2n) is 3.60. The molecule has 1 rings (SSSR count). The molecule has 0 spiro atoms. The molecule has 1 aromatic carbocycles. The lowest BCUT2D eigenvalue weighted by Gasteiger charge is -2.09. The van der Waals surface area contributed by atoms with Gasteiger partial charge in [0.05, 0.1) is 0 Å². The fraction of sp³-hybridized carbons (Fsp3) is 0.417. The molecule has 2 nitrogen and oxygen atoms in total. The number of benzene rings is 1. The Hall–Kier alpha value is -1.02. The lowest BCUT2D eigenvalue weighted by Crippen LogP contribution is -2.21. The molecule has 1 unspecified atom stereocenters. The fourth-order valence-electron chi connectivity index (χ4n) is 1.20. The van der Waals surface area contributed by atoms with Crippen LogP contribution in [0.1, 0.15) is 19.4 Å². The number of rotatable bonds is 4. The van der Waals surface area contributed by atoms with Gasteiger partial charge in [0.15, 0.2) is 0 Å². The molecule has 82 valence electrons. The molecule has 0 aliphatic rings. The summed E-state index contributed by atoms with van der Waals surface area (Å²) in [5.41, 5.74) is 2.06. The Balaban J connectivity index is 2.68. The number of hydrogen-bond acceptors (Lipinski definition) is 1. The second-order valence-corrected chi connectivity index (χ2v) is 3.91. The molecule has 0 saturated carbocycles. The summed E-state index contributed by atoms with van der Waals surface area (Å²) in [5.74, 6) is 0.162. The fourth-order valence-corrected chi connectivity index (χ4v) is 1.34. The first-order valence-electron chi connectivity index (χ1n) is 5.13. The molecule has 15 heavy (non-hydrogen) atoms. The van der Waals surface area contributed by atoms with Gasteiger partial charge >= 0.3 is 0 Å². The number of hydrogen-bond donors (Lipinski definition) is 1. The zero-order valence-electron chi connectivity index (χ0n) is 9.09. The Morgan fingerprint density at radius 1 is 1.53 bits per heavy atom. The van der Waals surface area contributed by atoms with Gasteiger partial charge in [0, 0.05) is 17.5 Å². The third-order valence-electron chi connectivity index (χ3n) is 2.28. The van der Waals surface area contributed by atoms with Crippen LogP contribution in [0.5, 0.6) is 0 Å². The molecule has 0 bridgehead atoms. The van der Waals surface area contributed by atoms with E-state index in [9.17, 15) is 4.79 Å². The van der Waals surface area contributed by atoms with Crippen LogP contribution in [0, 0.1) is 5.92 Å². The number of carbonyl (C=O) groups is 1. The highest BCUT2D eigenvalue weighted by molar-refractivity contribution is 6.19. The Morgan fingerprint density at radius 3 is 2.87 bits per heavy atom. The number of anilines is 1. The van der Waals surface area contributed by atoms with E-state index in [1.807, 2.05) is 31.2 Å². The van der Waals surface area contributed by atoms with E-state index in [2.05, 4.69) is 12.2 Å². The normalized spacial score (nSPS) is 12.2. The minimum atomic E-state index is -0.156. The Bertz CT molecular complexity index is 338. The molecule has 1 aromatic rings. The van der Waals surface area contributed by atoms with Crippen LogP contribution in [0.15, 0.2) is 24.3 Å². The van der Waals surface area contributed by atoms with Crippen LogP contribution >= 0.6 is 11.6 Å². The van der Waals surface area contributed by atoms with Crippen molar-refractivity contribution in [1.29, 1.82) is 0 Å². The van der Waals surface area contributed by atoms with Crippen LogP contribution in [-0.2, 0) is 11.2 Å². The maximum absolute atomic E-state index is 11.5. The monoisotopic (exact) mass is 225 g/mol. The standard InChI is InChI=1S/C12H16ClNO/c1-3-10-5-4-6-11(7-10)14-12(15)9(2)8-13/h4-7,9H,3,8H2,1-2H3,(H,14,15). The topological polar surface area (TPSA) is 29.1 Å². The Labute approximate surface area is 95.6 Å². The molecule has 1 N–H and O–H groups in total. The molecule has 1 amide bonds. The number of carbonyl (C=O) groups excluding carboxylic acids is 1. The lowest BCUT2D eigenvalue weighted by atomic mass is 10.1. The number of alkyl halides is 1. The summed E-state index contributed by atoms with van der Waals surface area (Å²) >= 11 is 5.61. The van der Waals surface area contributed by atoms with Crippen LogP contribution < -0.4 is 5.32 Å². The van der Waals surface area contributed by atoms with Crippen molar-refractivity contribution in [2.45, 2.75) is 20.3 Å². The highest BCUT2D eigenvalue weighted by Crippen LogP contribution is 2.12. The third kappa shape index (κ3) is 3.56. The van der Waals surface area contributed by atoms with Crippen molar-refractivity contribution in [2.75, 3.05) is 11.2 Å². The van der Waals surface area contributed by atoms with E-state index in [0.717, 1.165) is 12.1 Å². The summed E-state index contributed by atoms with van der Waals surface area (Å²) in [4.78, 5) is 11.5. The van der Waals surface area contributed by atoms with Gasteiger partial charge in [-0.15, -0.1) is 11.6 Å². The lowest BCUT2D eigenvalue weighted by molar-refractivity contribution is -0.118. The molecule has 0 aromatic heterocycles. The minimum Gasteiger partial charge on any atom is -0.326 e. The van der Waals surface area contributed by atoms with Crippen molar-refractivity contribution in [2.24, 2.45) is 5.92 Å². The van der Waals surface area contributed by atoms with Crippen LogP contribution in [0.25, 0.3) is 0 Å². The van der Waals surface area contributed by atoms with Crippen molar-refractivity contribution >= 4 is 23.2 Å². The average molecular weight is 226 g/mol. The van der Waals surface area contributed by atoms with Crippen molar-refractivity contribution in [3.63, 3.8) is 0 Å². The molecule has 1 atom stereocenters. The van der Waals surface area contributed by atoms with E-state index in [1.165, 1.54) is 5.56 Å². The summed E-state index contributed by atoms with van der Waals surface area (Å²) in [7, 11) is 0. The van der Waals surface area contributed by atoms with E-state index in [0.29, 0.717) is 5.88 Å². The van der Waals surface area contributed by atoms with Gasteiger partial charge in [0.1, 0.15) is 0 Å². The van der Waals surface area contributed by atoms with Crippen molar-refractivity contribution in [1.82, 2.24) is 0 Å². The molecule has 0 heterocycles. The molecular formula is C12H16ClNO. The predicted octanol–water partition coefficient (Wildman–Crippen LogP) is 3.06. The summed E-state index contributed by atoms with van der Waals surface area (Å²) in [6, 6.07) is 7.86. The minimum absolute atomic E-state index is 0.0294. The average Bonchev–Trinajstić information content (AvgIpc) is 2.28. The highest BCUT2D eigenvalue weighted by atomic mass is 35.5. The quantitative estimate of drug-likeness (QED) is 0.784. The first-order valence-corrected chi connectivity index (χ1v) is 5.66. The van der Waals surface area contributed by atoms with Gasteiger partial charge in [-0.1, -0.05) is 26.0 Å². The largest absolute Gasteiger partial charge is 0.326 e. The first-order chi connectivity index (χ1) is 7.17. The first kappa shape index (κ1) is 12.1. The van der Waals surface area contributed by atoms with E-state index < -0.39 is 0 Å². The summed E-state index contributed by atoms with van der Waals surface area (Å²) in [6.45, 7) is 3.90. The van der Waals surface area contributed by atoms with Gasteiger partial charge < -0.3 is 5.32 Å². The van der Waals surface area contributed by atoms with E-state index in [-0.39, 0.29) is 11.8 Å². The van der Waals surface area contributed by atoms with Crippen molar-refractivity contribution in [3.8, 4) is 0 Å². The maximum atomic E-state index is 11.5. The summed E-state index contributed by atoms with van der Waals surface area (Å²) in [5, 5.41) is 2.84. The summed E-state index contributed by atoms with van der Waals surface area (Å²) < 4.78 is 0. The van der Waals surface area contributed by atoms with Crippen LogP contribution in [0.3, 0.4) is 0 Å². The van der Waals surface area contributed by atoms with Gasteiger partial charge in [-0.25, -0.2) is 0 Å². The maximum Gasteiger partial charge on any atom is 0.228 e. The zero-order chi connectivity index (χ0) is 11.3. The van der Waals surface area contributed by atoms with Crippen molar-refractivity contribution < 1.29 is 4.79 Å². The van der Waals surface area contributed by atoms with Gasteiger partial charge in [0.25, 0.3) is 0 Å². The molecule has 0 radical (unpaired) electrons. The zero-order valence-corrected chi connectivity index (χ0v) is 9.84. The molecule has 0 aliphatic carbocycles. The van der Waals surface area contributed by atoms with E-state index >= 15 is 0 Å². The Kier molecular flexibility index (Phi) is 4.63. The number of amides is 1. The smallest absolute Gasteiger partial charge is 0.228 e. The number of aryl methyl sites for hydroxylation is 1. The SMILES string of the molecule is CCc1cccc(NC(=O)C(C)CCl)c1. The van der Waals surface area contributed by atoms with Crippen LogP contribution in [0.2, 0.25) is 0 Å². The van der Waals surface area contributed by atoms with Gasteiger partial charge in [-0.3, -0.25) is 4.79 Å². The van der Waals surface area contributed by atoms with Crippen LogP contribution in [-0.4, -0.2) is 11.8 Å². The van der Waals surface area contributed by atoms with E-state index in [4.69, 9.17) is 11.6 Å². The predicted molar refractivity (Wildman–Crippen MR) is 64.3 cm³/mol. The van der Waals surface area contributed by atoms with Gasteiger partial charge in [-0.2, -0.15) is 0 Å². The van der Waals surface area contributed by atoms with Crippen molar-refractivity contribution in [3.05, 3.63) is 29.8 Å². The van der Waals surface area contributed by atoms with E-state index in [1.54, 1.807) is 0 Å². The van der Waals surface area contributed by atoms with Gasteiger partial charge in [-0.05, 0) is 24.1 Å². The number of nitrogens with one attached hydrogen (secondary N) is 1. The molecule has 3 heteroatoms. The van der Waals surface area contributed by atoms with Gasteiger partial charge in [0.2, 0.25) is 5.91 Å². The van der Waals surface area contributed by atoms with Crippen LogP contribution in [0.4, 0.5) is 5.69 Å². The summed E-state index contributed by atoms with van der Waals surface area (Å²) in [6.07, 6.45) is 0.967. The molecule has 0 saturated heterocycles. The Morgan fingerprint density at radius 2 is 2.27 bits per heavy atom.